The molecule has 0 aromatic heterocycles. The molecule has 1 aromatic carbocycles. The first kappa shape index (κ1) is 14.7. The standard InChI is InChI=1S/C13H17FN2O4/c1-2-6-19-13-9(15)7-11(13)20-12-8(14)4-3-5-10(12)16(17)18/h3-5,9,11,13H,2,6-7,15H2,1H3. The highest BCUT2D eigenvalue weighted by Gasteiger charge is 2.42. The van der Waals surface area contributed by atoms with Gasteiger partial charge < -0.3 is 15.2 Å². The number of halogens is 1. The number of benzene rings is 1. The second-order valence-electron chi connectivity index (χ2n) is 4.74. The zero-order chi connectivity index (χ0) is 14.7. The number of nitrogens with two attached hydrogens (primary N) is 1. The van der Waals surface area contributed by atoms with Crippen LogP contribution in [-0.4, -0.2) is 29.8 Å². The molecule has 2 rings (SSSR count). The molecule has 0 saturated heterocycles. The second kappa shape index (κ2) is 6.15. The number of rotatable bonds is 6. The predicted molar refractivity (Wildman–Crippen MR) is 70.1 cm³/mol. The van der Waals surface area contributed by atoms with E-state index < -0.39 is 16.8 Å². The van der Waals surface area contributed by atoms with Gasteiger partial charge in [0, 0.05) is 25.1 Å². The molecule has 110 valence electrons. The molecule has 0 bridgehead atoms. The highest BCUT2D eigenvalue weighted by Crippen LogP contribution is 2.35. The Kier molecular flexibility index (Phi) is 4.51. The van der Waals surface area contributed by atoms with Crippen LogP contribution in [0.5, 0.6) is 5.75 Å². The van der Waals surface area contributed by atoms with Crippen molar-refractivity contribution in [2.24, 2.45) is 5.73 Å². The SMILES string of the molecule is CCCOC1C(N)CC1Oc1c(F)cccc1[N+](=O)[O-]. The maximum atomic E-state index is 13.7. The van der Waals surface area contributed by atoms with Gasteiger partial charge in [-0.2, -0.15) is 0 Å². The third kappa shape index (κ3) is 2.88. The van der Waals surface area contributed by atoms with E-state index in [0.717, 1.165) is 12.5 Å². The normalized spacial score (nSPS) is 25.1. The Balaban J connectivity index is 2.12. The van der Waals surface area contributed by atoms with E-state index in [4.69, 9.17) is 15.2 Å². The Labute approximate surface area is 115 Å². The van der Waals surface area contributed by atoms with Gasteiger partial charge in [-0.3, -0.25) is 10.1 Å². The van der Waals surface area contributed by atoms with Gasteiger partial charge in [-0.1, -0.05) is 13.0 Å². The van der Waals surface area contributed by atoms with Crippen molar-refractivity contribution < 1.29 is 18.8 Å². The van der Waals surface area contributed by atoms with Crippen molar-refractivity contribution in [3.63, 3.8) is 0 Å². The number of nitro benzene ring substituents is 1. The summed E-state index contributed by atoms with van der Waals surface area (Å²) in [5.41, 5.74) is 5.42. The summed E-state index contributed by atoms with van der Waals surface area (Å²) in [6.45, 7) is 2.49. The van der Waals surface area contributed by atoms with Gasteiger partial charge in [-0.15, -0.1) is 0 Å². The lowest BCUT2D eigenvalue weighted by molar-refractivity contribution is -0.386. The highest BCUT2D eigenvalue weighted by atomic mass is 19.1. The summed E-state index contributed by atoms with van der Waals surface area (Å²) in [6, 6.07) is 3.43. The molecule has 20 heavy (non-hydrogen) atoms. The van der Waals surface area contributed by atoms with Gasteiger partial charge >= 0.3 is 5.69 Å². The van der Waals surface area contributed by atoms with Crippen LogP contribution in [0.1, 0.15) is 19.8 Å². The minimum absolute atomic E-state index is 0.183. The third-order valence-electron chi connectivity index (χ3n) is 3.22. The molecular formula is C13H17FN2O4. The molecule has 1 aliphatic carbocycles. The summed E-state index contributed by atoms with van der Waals surface area (Å²) < 4.78 is 24.7. The first-order chi connectivity index (χ1) is 9.54. The molecule has 0 heterocycles. The first-order valence-corrected chi connectivity index (χ1v) is 6.51. The largest absolute Gasteiger partial charge is 0.479 e. The van der Waals surface area contributed by atoms with E-state index in [2.05, 4.69) is 0 Å². The van der Waals surface area contributed by atoms with Crippen LogP contribution in [0.15, 0.2) is 18.2 Å². The smallest absolute Gasteiger partial charge is 0.314 e. The zero-order valence-electron chi connectivity index (χ0n) is 11.1. The molecule has 0 spiro atoms. The number of nitrogens with zero attached hydrogens (tertiary/aromatic N) is 1. The molecule has 1 aromatic rings. The molecule has 0 amide bonds. The predicted octanol–water partition coefficient (Wildman–Crippen LogP) is 2.01. The molecular weight excluding hydrogens is 267 g/mol. The van der Waals surface area contributed by atoms with E-state index in [1.807, 2.05) is 6.92 Å². The van der Waals surface area contributed by atoms with Gasteiger partial charge in [-0.25, -0.2) is 4.39 Å². The summed E-state index contributed by atoms with van der Waals surface area (Å²) >= 11 is 0. The van der Waals surface area contributed by atoms with Crippen LogP contribution < -0.4 is 10.5 Å². The molecule has 1 aliphatic rings. The van der Waals surface area contributed by atoms with Gasteiger partial charge in [0.1, 0.15) is 12.2 Å². The molecule has 2 N–H and O–H groups in total. The zero-order valence-corrected chi connectivity index (χ0v) is 11.1. The fourth-order valence-electron chi connectivity index (χ4n) is 2.13. The van der Waals surface area contributed by atoms with E-state index in [0.29, 0.717) is 13.0 Å². The lowest BCUT2D eigenvalue weighted by Gasteiger charge is -2.41. The summed E-state index contributed by atoms with van der Waals surface area (Å²) in [4.78, 5) is 10.2. The maximum Gasteiger partial charge on any atom is 0.314 e. The average molecular weight is 284 g/mol. The first-order valence-electron chi connectivity index (χ1n) is 6.51. The maximum absolute atomic E-state index is 13.7. The van der Waals surface area contributed by atoms with E-state index in [1.165, 1.54) is 12.1 Å². The molecule has 3 atom stereocenters. The van der Waals surface area contributed by atoms with Crippen LogP contribution in [0.2, 0.25) is 0 Å². The second-order valence-corrected chi connectivity index (χ2v) is 4.74. The Morgan fingerprint density at radius 2 is 2.30 bits per heavy atom. The van der Waals surface area contributed by atoms with Gasteiger partial charge in [0.05, 0.1) is 4.92 Å². The number of nitro groups is 1. The summed E-state index contributed by atoms with van der Waals surface area (Å²) in [5.74, 6) is -1.10. The summed E-state index contributed by atoms with van der Waals surface area (Å²) in [5, 5.41) is 10.9. The Morgan fingerprint density at radius 3 is 2.90 bits per heavy atom. The Hall–Kier alpha value is -1.73. The monoisotopic (exact) mass is 284 g/mol. The number of hydrogen-bond acceptors (Lipinski definition) is 5. The highest BCUT2D eigenvalue weighted by molar-refractivity contribution is 5.47. The lowest BCUT2D eigenvalue weighted by atomic mass is 9.86. The van der Waals surface area contributed by atoms with Crippen molar-refractivity contribution in [3.05, 3.63) is 34.1 Å². The Bertz CT molecular complexity index is 497. The fourth-order valence-corrected chi connectivity index (χ4v) is 2.13. The van der Waals surface area contributed by atoms with Crippen molar-refractivity contribution in [3.8, 4) is 5.75 Å². The quantitative estimate of drug-likeness (QED) is 0.637. The topological polar surface area (TPSA) is 87.6 Å². The van der Waals surface area contributed by atoms with Crippen LogP contribution >= 0.6 is 0 Å². The van der Waals surface area contributed by atoms with Crippen LogP contribution in [0.4, 0.5) is 10.1 Å². The van der Waals surface area contributed by atoms with Crippen molar-refractivity contribution in [1.29, 1.82) is 0 Å². The van der Waals surface area contributed by atoms with Crippen LogP contribution in [0.25, 0.3) is 0 Å². The van der Waals surface area contributed by atoms with Gasteiger partial charge in [0.15, 0.2) is 5.82 Å². The Morgan fingerprint density at radius 1 is 1.55 bits per heavy atom. The van der Waals surface area contributed by atoms with E-state index in [-0.39, 0.29) is 23.6 Å². The van der Waals surface area contributed by atoms with Crippen molar-refractivity contribution >= 4 is 5.69 Å². The van der Waals surface area contributed by atoms with Gasteiger partial charge in [-0.05, 0) is 12.5 Å². The minimum Gasteiger partial charge on any atom is -0.479 e. The van der Waals surface area contributed by atoms with Crippen LogP contribution in [0, 0.1) is 15.9 Å². The number of para-hydroxylation sites is 1. The molecule has 6 nitrogen and oxygen atoms in total. The van der Waals surface area contributed by atoms with Crippen molar-refractivity contribution in [2.45, 2.75) is 38.0 Å². The lowest BCUT2D eigenvalue weighted by Crippen LogP contribution is -2.59. The molecule has 3 unspecified atom stereocenters. The average Bonchev–Trinajstić information content (AvgIpc) is 2.40. The van der Waals surface area contributed by atoms with Crippen LogP contribution in [0.3, 0.4) is 0 Å². The number of hydrogen-bond donors (Lipinski definition) is 1. The van der Waals surface area contributed by atoms with Crippen LogP contribution in [-0.2, 0) is 4.74 Å². The molecule has 1 fully saturated rings. The third-order valence-corrected chi connectivity index (χ3v) is 3.22. The van der Waals surface area contributed by atoms with E-state index in [9.17, 15) is 14.5 Å². The summed E-state index contributed by atoms with van der Waals surface area (Å²) in [6.07, 6.45) is 0.511. The van der Waals surface area contributed by atoms with E-state index >= 15 is 0 Å². The van der Waals surface area contributed by atoms with Gasteiger partial charge in [0.2, 0.25) is 5.75 Å². The fraction of sp³-hybridized carbons (Fsp3) is 0.538. The number of ether oxygens (including phenoxy) is 2. The minimum atomic E-state index is -0.756. The van der Waals surface area contributed by atoms with Gasteiger partial charge in [0.25, 0.3) is 0 Å². The summed E-state index contributed by atoms with van der Waals surface area (Å²) in [7, 11) is 0. The van der Waals surface area contributed by atoms with Crippen molar-refractivity contribution in [1.82, 2.24) is 0 Å². The molecule has 1 saturated carbocycles. The molecule has 0 radical (unpaired) electrons. The molecule has 7 heteroatoms. The molecule has 0 aliphatic heterocycles. The van der Waals surface area contributed by atoms with Crippen molar-refractivity contribution in [2.75, 3.05) is 6.61 Å². The van der Waals surface area contributed by atoms with E-state index in [1.54, 1.807) is 0 Å².